The van der Waals surface area contributed by atoms with E-state index in [9.17, 15) is 0 Å². The van der Waals surface area contributed by atoms with E-state index in [1.54, 1.807) is 7.11 Å². The van der Waals surface area contributed by atoms with Gasteiger partial charge in [-0.3, -0.25) is 0 Å². The fourth-order valence-electron chi connectivity index (χ4n) is 1.78. The van der Waals surface area contributed by atoms with Crippen molar-refractivity contribution < 1.29 is 4.74 Å². The van der Waals surface area contributed by atoms with Crippen LogP contribution in [0, 0.1) is 0 Å². The van der Waals surface area contributed by atoms with Crippen molar-refractivity contribution in [1.82, 2.24) is 9.97 Å². The molecule has 2 rings (SSSR count). The van der Waals surface area contributed by atoms with Crippen LogP contribution in [-0.2, 0) is 11.3 Å². The van der Waals surface area contributed by atoms with Gasteiger partial charge >= 0.3 is 0 Å². The van der Waals surface area contributed by atoms with Crippen molar-refractivity contribution in [2.24, 2.45) is 0 Å². The molecule has 0 amide bonds. The van der Waals surface area contributed by atoms with Gasteiger partial charge in [0.05, 0.1) is 12.3 Å². The fourth-order valence-corrected chi connectivity index (χ4v) is 2.38. The molecule has 0 unspecified atom stereocenters. The molecule has 0 aliphatic rings. The van der Waals surface area contributed by atoms with Gasteiger partial charge in [-0.2, -0.15) is 0 Å². The molecule has 6 heteroatoms. The van der Waals surface area contributed by atoms with Crippen molar-refractivity contribution >= 4 is 33.3 Å². The van der Waals surface area contributed by atoms with E-state index < -0.39 is 0 Å². The van der Waals surface area contributed by atoms with Gasteiger partial charge in [-0.15, -0.1) is 0 Å². The molecule has 4 nitrogen and oxygen atoms in total. The van der Waals surface area contributed by atoms with Crippen LogP contribution in [0.1, 0.15) is 12.6 Å². The van der Waals surface area contributed by atoms with Gasteiger partial charge in [0, 0.05) is 34.8 Å². The molecule has 2 aromatic rings. The number of aromatic nitrogens is 2. The zero-order valence-corrected chi connectivity index (χ0v) is 13.6. The number of ether oxygens (including phenoxy) is 1. The van der Waals surface area contributed by atoms with E-state index >= 15 is 0 Å². The van der Waals surface area contributed by atoms with Gasteiger partial charge in [-0.1, -0.05) is 27.5 Å². The van der Waals surface area contributed by atoms with E-state index in [0.29, 0.717) is 17.5 Å². The second-order valence-corrected chi connectivity index (χ2v) is 5.45. The Labute approximate surface area is 131 Å². The summed E-state index contributed by atoms with van der Waals surface area (Å²) in [5, 5.41) is 3.84. The molecule has 20 heavy (non-hydrogen) atoms. The minimum Gasteiger partial charge on any atom is -0.378 e. The van der Waals surface area contributed by atoms with E-state index in [1.165, 1.54) is 0 Å². The molecule has 1 aromatic heterocycles. The second kappa shape index (κ2) is 7.02. The summed E-state index contributed by atoms with van der Waals surface area (Å²) in [5.41, 5.74) is 1.68. The predicted molar refractivity (Wildman–Crippen MR) is 85.1 cm³/mol. The Morgan fingerprint density at radius 3 is 2.80 bits per heavy atom. The lowest BCUT2D eigenvalue weighted by Gasteiger charge is -2.10. The molecule has 0 aliphatic carbocycles. The Kier molecular flexibility index (Phi) is 5.34. The number of methoxy groups -OCH3 is 1. The fraction of sp³-hybridized carbons (Fsp3) is 0.286. The average molecular weight is 357 g/mol. The Morgan fingerprint density at radius 1 is 1.30 bits per heavy atom. The highest BCUT2D eigenvalue weighted by molar-refractivity contribution is 9.10. The highest BCUT2D eigenvalue weighted by Gasteiger charge is 2.10. The first-order valence-corrected chi connectivity index (χ1v) is 7.37. The third-order valence-electron chi connectivity index (χ3n) is 2.60. The normalized spacial score (nSPS) is 10.6. The van der Waals surface area contributed by atoms with E-state index in [2.05, 4.69) is 31.2 Å². The highest BCUT2D eigenvalue weighted by Crippen LogP contribution is 2.29. The SMILES string of the molecule is CCNc1cc(COC)nc(-c2cc(Cl)ccc2Br)n1. The van der Waals surface area contributed by atoms with Gasteiger partial charge in [0.25, 0.3) is 0 Å². The van der Waals surface area contributed by atoms with Crippen LogP contribution in [-0.4, -0.2) is 23.6 Å². The maximum absolute atomic E-state index is 6.05. The molecule has 0 aliphatic heterocycles. The Bertz CT molecular complexity index is 583. The molecule has 106 valence electrons. The Morgan fingerprint density at radius 2 is 2.10 bits per heavy atom. The number of benzene rings is 1. The molecule has 1 aromatic carbocycles. The molecule has 0 bridgehead atoms. The molecular weight excluding hydrogens is 342 g/mol. The summed E-state index contributed by atoms with van der Waals surface area (Å²) in [6.07, 6.45) is 0. The lowest BCUT2D eigenvalue weighted by molar-refractivity contribution is 0.181. The van der Waals surface area contributed by atoms with Crippen molar-refractivity contribution in [1.29, 1.82) is 0 Å². The molecule has 0 spiro atoms. The largest absolute Gasteiger partial charge is 0.378 e. The maximum Gasteiger partial charge on any atom is 0.163 e. The van der Waals surface area contributed by atoms with Gasteiger partial charge < -0.3 is 10.1 Å². The number of nitrogens with zero attached hydrogens (tertiary/aromatic N) is 2. The van der Waals surface area contributed by atoms with Crippen LogP contribution in [0.15, 0.2) is 28.7 Å². The van der Waals surface area contributed by atoms with Gasteiger partial charge in [0.2, 0.25) is 0 Å². The van der Waals surface area contributed by atoms with Crippen LogP contribution in [0.4, 0.5) is 5.82 Å². The van der Waals surface area contributed by atoms with Crippen LogP contribution in [0.5, 0.6) is 0 Å². The molecule has 0 radical (unpaired) electrons. The first kappa shape index (κ1) is 15.2. The minimum absolute atomic E-state index is 0.437. The minimum atomic E-state index is 0.437. The monoisotopic (exact) mass is 355 g/mol. The van der Waals surface area contributed by atoms with Crippen LogP contribution in [0.25, 0.3) is 11.4 Å². The van der Waals surface area contributed by atoms with E-state index in [1.807, 2.05) is 31.2 Å². The smallest absolute Gasteiger partial charge is 0.163 e. The molecule has 0 saturated carbocycles. The number of rotatable bonds is 5. The number of halogens is 2. The van der Waals surface area contributed by atoms with Crippen molar-refractivity contribution in [2.45, 2.75) is 13.5 Å². The third kappa shape index (κ3) is 3.69. The lowest BCUT2D eigenvalue weighted by atomic mass is 10.2. The van der Waals surface area contributed by atoms with Gasteiger partial charge in [0.1, 0.15) is 5.82 Å². The number of nitrogens with one attached hydrogen (secondary N) is 1. The summed E-state index contributed by atoms with van der Waals surface area (Å²) >= 11 is 9.56. The Balaban J connectivity index is 2.51. The standard InChI is InChI=1S/C14H15BrClN3O/c1-3-17-13-7-10(8-20-2)18-14(19-13)11-6-9(16)4-5-12(11)15/h4-7H,3,8H2,1-2H3,(H,17,18,19). The molecule has 0 atom stereocenters. The summed E-state index contributed by atoms with van der Waals surface area (Å²) in [6, 6.07) is 7.43. The van der Waals surface area contributed by atoms with Crippen LogP contribution >= 0.6 is 27.5 Å². The number of hydrogen-bond donors (Lipinski definition) is 1. The molecular formula is C14H15BrClN3O. The molecule has 0 saturated heterocycles. The van der Waals surface area contributed by atoms with Gasteiger partial charge in [0.15, 0.2) is 5.82 Å². The van der Waals surface area contributed by atoms with Crippen molar-refractivity contribution in [2.75, 3.05) is 19.0 Å². The van der Waals surface area contributed by atoms with Crippen LogP contribution in [0.3, 0.4) is 0 Å². The number of anilines is 1. The van der Waals surface area contributed by atoms with Crippen LogP contribution in [0.2, 0.25) is 5.02 Å². The highest BCUT2D eigenvalue weighted by atomic mass is 79.9. The van der Waals surface area contributed by atoms with Crippen molar-refractivity contribution in [3.8, 4) is 11.4 Å². The van der Waals surface area contributed by atoms with Crippen molar-refractivity contribution in [3.05, 3.63) is 39.5 Å². The van der Waals surface area contributed by atoms with Gasteiger partial charge in [-0.25, -0.2) is 9.97 Å². The second-order valence-electron chi connectivity index (χ2n) is 4.16. The number of hydrogen-bond acceptors (Lipinski definition) is 4. The predicted octanol–water partition coefficient (Wildman–Crippen LogP) is 4.14. The molecule has 0 fully saturated rings. The summed E-state index contributed by atoms with van der Waals surface area (Å²) < 4.78 is 6.05. The first-order chi connectivity index (χ1) is 9.63. The molecule has 1 heterocycles. The van der Waals surface area contributed by atoms with E-state index in [-0.39, 0.29) is 0 Å². The summed E-state index contributed by atoms with van der Waals surface area (Å²) in [4.78, 5) is 9.02. The molecule has 1 N–H and O–H groups in total. The lowest BCUT2D eigenvalue weighted by Crippen LogP contribution is -2.05. The quantitative estimate of drug-likeness (QED) is 0.874. The summed E-state index contributed by atoms with van der Waals surface area (Å²) in [6.45, 7) is 3.25. The first-order valence-electron chi connectivity index (χ1n) is 6.20. The summed E-state index contributed by atoms with van der Waals surface area (Å²) in [5.74, 6) is 1.39. The summed E-state index contributed by atoms with van der Waals surface area (Å²) in [7, 11) is 1.64. The topological polar surface area (TPSA) is 47.0 Å². The average Bonchev–Trinajstić information content (AvgIpc) is 2.42. The van der Waals surface area contributed by atoms with E-state index in [0.717, 1.165) is 28.1 Å². The van der Waals surface area contributed by atoms with E-state index in [4.69, 9.17) is 16.3 Å². The van der Waals surface area contributed by atoms with Crippen LogP contribution < -0.4 is 5.32 Å². The van der Waals surface area contributed by atoms with Gasteiger partial charge in [-0.05, 0) is 25.1 Å². The maximum atomic E-state index is 6.05. The zero-order chi connectivity index (χ0) is 14.5. The third-order valence-corrected chi connectivity index (χ3v) is 3.53. The zero-order valence-electron chi connectivity index (χ0n) is 11.3. The van der Waals surface area contributed by atoms with Crippen molar-refractivity contribution in [3.63, 3.8) is 0 Å². The Hall–Kier alpha value is -1.17.